The standard InChI is InChI=1S/C9H13NO/c1-7-3-5-8(6-4-7)9(11)10-2/h3,5H,4,6H2,1-2H3,(H,10,11). The van der Waals surface area contributed by atoms with Gasteiger partial charge in [-0.05, 0) is 19.8 Å². The van der Waals surface area contributed by atoms with E-state index in [0.717, 1.165) is 18.4 Å². The first-order valence-electron chi connectivity index (χ1n) is 3.82. The molecule has 1 aliphatic carbocycles. The van der Waals surface area contributed by atoms with E-state index in [0.29, 0.717) is 0 Å². The summed E-state index contributed by atoms with van der Waals surface area (Å²) in [4.78, 5) is 11.1. The highest BCUT2D eigenvalue weighted by Crippen LogP contribution is 2.17. The van der Waals surface area contributed by atoms with Crippen LogP contribution in [0.3, 0.4) is 0 Å². The average molecular weight is 151 g/mol. The summed E-state index contributed by atoms with van der Waals surface area (Å²) < 4.78 is 0. The molecule has 0 aliphatic heterocycles. The fourth-order valence-corrected chi connectivity index (χ4v) is 1.09. The summed E-state index contributed by atoms with van der Waals surface area (Å²) >= 11 is 0. The highest BCUT2D eigenvalue weighted by molar-refractivity contribution is 5.93. The van der Waals surface area contributed by atoms with Crippen molar-refractivity contribution in [2.24, 2.45) is 0 Å². The minimum absolute atomic E-state index is 0.0498. The van der Waals surface area contributed by atoms with Crippen LogP contribution in [0.4, 0.5) is 0 Å². The molecule has 1 amide bonds. The number of likely N-dealkylation sites (N-methyl/N-ethyl adjacent to an activating group) is 1. The van der Waals surface area contributed by atoms with Gasteiger partial charge in [-0.15, -0.1) is 0 Å². The predicted molar refractivity (Wildman–Crippen MR) is 45.1 cm³/mol. The molecule has 0 bridgehead atoms. The monoisotopic (exact) mass is 151 g/mol. The van der Waals surface area contributed by atoms with Gasteiger partial charge in [0.1, 0.15) is 0 Å². The van der Waals surface area contributed by atoms with E-state index in [1.807, 2.05) is 12.2 Å². The Morgan fingerprint density at radius 1 is 1.45 bits per heavy atom. The third-order valence-electron chi connectivity index (χ3n) is 1.88. The van der Waals surface area contributed by atoms with Crippen LogP contribution in [0.1, 0.15) is 19.8 Å². The van der Waals surface area contributed by atoms with E-state index >= 15 is 0 Å². The van der Waals surface area contributed by atoms with Crippen LogP contribution >= 0.6 is 0 Å². The lowest BCUT2D eigenvalue weighted by atomic mass is 9.99. The smallest absolute Gasteiger partial charge is 0.246 e. The van der Waals surface area contributed by atoms with Crippen molar-refractivity contribution in [2.75, 3.05) is 7.05 Å². The molecule has 0 aromatic heterocycles. The molecule has 1 rings (SSSR count). The van der Waals surface area contributed by atoms with Crippen LogP contribution in [0.15, 0.2) is 23.3 Å². The topological polar surface area (TPSA) is 29.1 Å². The van der Waals surface area contributed by atoms with E-state index in [9.17, 15) is 4.79 Å². The number of carbonyl (C=O) groups excluding carboxylic acids is 1. The SMILES string of the molecule is CNC(=O)C1=CC=C(C)CC1. The molecule has 0 aromatic carbocycles. The number of amides is 1. The zero-order valence-electron chi connectivity index (χ0n) is 6.98. The Labute approximate surface area is 67.0 Å². The molecule has 0 aromatic rings. The van der Waals surface area contributed by atoms with E-state index in [2.05, 4.69) is 12.2 Å². The minimum Gasteiger partial charge on any atom is -0.355 e. The van der Waals surface area contributed by atoms with Crippen LogP contribution in [0, 0.1) is 0 Å². The van der Waals surface area contributed by atoms with Gasteiger partial charge in [0.15, 0.2) is 0 Å². The van der Waals surface area contributed by atoms with Crippen LogP contribution in [0.2, 0.25) is 0 Å². The summed E-state index contributed by atoms with van der Waals surface area (Å²) in [6.07, 6.45) is 5.80. The summed E-state index contributed by atoms with van der Waals surface area (Å²) in [6, 6.07) is 0. The summed E-state index contributed by atoms with van der Waals surface area (Å²) in [5.41, 5.74) is 2.23. The maximum Gasteiger partial charge on any atom is 0.246 e. The number of carbonyl (C=O) groups is 1. The molecule has 0 saturated carbocycles. The normalized spacial score (nSPS) is 16.9. The molecule has 0 atom stereocenters. The van der Waals surface area contributed by atoms with Crippen molar-refractivity contribution in [2.45, 2.75) is 19.8 Å². The first-order valence-corrected chi connectivity index (χ1v) is 3.82. The predicted octanol–water partition coefficient (Wildman–Crippen LogP) is 1.40. The molecule has 0 radical (unpaired) electrons. The molecule has 0 heterocycles. The Bertz CT molecular complexity index is 226. The second kappa shape index (κ2) is 3.37. The number of rotatable bonds is 1. The van der Waals surface area contributed by atoms with Crippen molar-refractivity contribution in [3.8, 4) is 0 Å². The highest BCUT2D eigenvalue weighted by atomic mass is 16.1. The summed E-state index contributed by atoms with van der Waals surface area (Å²) in [5.74, 6) is 0.0498. The van der Waals surface area contributed by atoms with E-state index in [1.54, 1.807) is 7.05 Å². The van der Waals surface area contributed by atoms with Crippen molar-refractivity contribution >= 4 is 5.91 Å². The number of allylic oxidation sites excluding steroid dienone is 3. The summed E-state index contributed by atoms with van der Waals surface area (Å²) in [7, 11) is 1.66. The molecule has 60 valence electrons. The Morgan fingerprint density at radius 2 is 2.18 bits per heavy atom. The van der Waals surface area contributed by atoms with Gasteiger partial charge in [0.2, 0.25) is 5.91 Å². The number of nitrogens with one attached hydrogen (secondary N) is 1. The van der Waals surface area contributed by atoms with E-state index in [1.165, 1.54) is 5.57 Å². The number of hydrogen-bond acceptors (Lipinski definition) is 1. The fourth-order valence-electron chi connectivity index (χ4n) is 1.09. The van der Waals surface area contributed by atoms with E-state index < -0.39 is 0 Å². The van der Waals surface area contributed by atoms with Gasteiger partial charge in [0, 0.05) is 12.6 Å². The Kier molecular flexibility index (Phi) is 2.47. The zero-order chi connectivity index (χ0) is 8.27. The first kappa shape index (κ1) is 8.05. The number of hydrogen-bond donors (Lipinski definition) is 1. The summed E-state index contributed by atoms with van der Waals surface area (Å²) in [5, 5.41) is 2.61. The third-order valence-corrected chi connectivity index (χ3v) is 1.88. The average Bonchev–Trinajstić information content (AvgIpc) is 2.05. The third kappa shape index (κ3) is 1.93. The lowest BCUT2D eigenvalue weighted by Gasteiger charge is -2.09. The molecule has 0 spiro atoms. The molecule has 11 heavy (non-hydrogen) atoms. The Hall–Kier alpha value is -1.05. The molecular weight excluding hydrogens is 138 g/mol. The van der Waals surface area contributed by atoms with Crippen molar-refractivity contribution in [1.29, 1.82) is 0 Å². The molecule has 0 unspecified atom stereocenters. The Morgan fingerprint density at radius 3 is 2.64 bits per heavy atom. The molecule has 0 saturated heterocycles. The quantitative estimate of drug-likeness (QED) is 0.603. The largest absolute Gasteiger partial charge is 0.355 e. The maximum atomic E-state index is 11.1. The Balaban J connectivity index is 2.68. The van der Waals surface area contributed by atoms with Gasteiger partial charge in [0.05, 0.1) is 0 Å². The van der Waals surface area contributed by atoms with Crippen molar-refractivity contribution < 1.29 is 4.79 Å². The molecule has 1 N–H and O–H groups in total. The van der Waals surface area contributed by atoms with Gasteiger partial charge >= 0.3 is 0 Å². The second-order valence-corrected chi connectivity index (χ2v) is 2.78. The van der Waals surface area contributed by atoms with Crippen LogP contribution in [0.25, 0.3) is 0 Å². The zero-order valence-corrected chi connectivity index (χ0v) is 6.98. The van der Waals surface area contributed by atoms with Gasteiger partial charge in [-0.3, -0.25) is 4.79 Å². The van der Waals surface area contributed by atoms with Crippen molar-refractivity contribution in [1.82, 2.24) is 5.32 Å². The van der Waals surface area contributed by atoms with Crippen molar-refractivity contribution in [3.63, 3.8) is 0 Å². The molecule has 2 heteroatoms. The van der Waals surface area contributed by atoms with E-state index in [4.69, 9.17) is 0 Å². The van der Waals surface area contributed by atoms with E-state index in [-0.39, 0.29) is 5.91 Å². The van der Waals surface area contributed by atoms with Gasteiger partial charge in [0.25, 0.3) is 0 Å². The lowest BCUT2D eigenvalue weighted by Crippen LogP contribution is -2.20. The van der Waals surface area contributed by atoms with Crippen LogP contribution in [-0.4, -0.2) is 13.0 Å². The van der Waals surface area contributed by atoms with Crippen molar-refractivity contribution in [3.05, 3.63) is 23.3 Å². The molecule has 0 fully saturated rings. The lowest BCUT2D eigenvalue weighted by molar-refractivity contribution is -0.117. The van der Waals surface area contributed by atoms with Gasteiger partial charge < -0.3 is 5.32 Å². The summed E-state index contributed by atoms with van der Waals surface area (Å²) in [6.45, 7) is 2.08. The van der Waals surface area contributed by atoms with Gasteiger partial charge in [-0.2, -0.15) is 0 Å². The van der Waals surface area contributed by atoms with Crippen LogP contribution in [0.5, 0.6) is 0 Å². The fraction of sp³-hybridized carbons (Fsp3) is 0.444. The van der Waals surface area contributed by atoms with Crippen LogP contribution in [-0.2, 0) is 4.79 Å². The first-order chi connectivity index (χ1) is 5.24. The highest BCUT2D eigenvalue weighted by Gasteiger charge is 2.09. The van der Waals surface area contributed by atoms with Gasteiger partial charge in [-0.1, -0.05) is 17.7 Å². The van der Waals surface area contributed by atoms with Crippen LogP contribution < -0.4 is 5.32 Å². The molecule has 2 nitrogen and oxygen atoms in total. The van der Waals surface area contributed by atoms with Gasteiger partial charge in [-0.25, -0.2) is 0 Å². The maximum absolute atomic E-state index is 11.1. The second-order valence-electron chi connectivity index (χ2n) is 2.78. The molecule has 1 aliphatic rings. The molecular formula is C9H13NO. The minimum atomic E-state index is 0.0498.